The fourth-order valence-electron chi connectivity index (χ4n) is 3.34. The normalized spacial score (nSPS) is 13.4. The number of quaternary nitrogens is 1. The monoisotopic (exact) mass is 309 g/mol. The molecule has 1 N–H and O–H groups in total. The summed E-state index contributed by atoms with van der Waals surface area (Å²) in [5, 5.41) is 0. The van der Waals surface area contributed by atoms with Gasteiger partial charge in [-0.05, 0) is 49.9 Å². The van der Waals surface area contributed by atoms with Gasteiger partial charge < -0.3 is 4.90 Å². The van der Waals surface area contributed by atoms with Crippen LogP contribution in [0.15, 0.2) is 48.5 Å². The number of benzene rings is 2. The number of carbonyl (C=O) groups is 1. The molecule has 3 rings (SSSR count). The summed E-state index contributed by atoms with van der Waals surface area (Å²) >= 11 is 0. The Labute approximate surface area is 138 Å². The highest BCUT2D eigenvalue weighted by atomic mass is 16.2. The molecule has 0 unspecified atom stereocenters. The third-order valence-electron chi connectivity index (χ3n) is 4.78. The Kier molecular flexibility index (Phi) is 4.77. The van der Waals surface area contributed by atoms with Gasteiger partial charge >= 0.3 is 0 Å². The van der Waals surface area contributed by atoms with Gasteiger partial charge in [-0.1, -0.05) is 36.4 Å². The number of nitrogens with one attached hydrogen (secondary N) is 1. The van der Waals surface area contributed by atoms with E-state index in [2.05, 4.69) is 50.2 Å². The minimum atomic E-state index is 0.186. The van der Waals surface area contributed by atoms with Gasteiger partial charge in [-0.2, -0.15) is 0 Å². The first kappa shape index (κ1) is 15.8. The Morgan fingerprint density at radius 2 is 1.39 bits per heavy atom. The van der Waals surface area contributed by atoms with Crippen molar-refractivity contribution in [3.63, 3.8) is 0 Å². The zero-order valence-corrected chi connectivity index (χ0v) is 14.0. The number of hydrogen-bond acceptors (Lipinski definition) is 1. The number of anilines is 2. The summed E-state index contributed by atoms with van der Waals surface area (Å²) in [5.74, 6) is 0.186. The molecule has 0 bridgehead atoms. The Bertz CT molecular complexity index is 644. The fraction of sp³-hybridized carbons (Fsp3) is 0.350. The largest absolute Gasteiger partial charge is 0.328 e. The van der Waals surface area contributed by atoms with E-state index >= 15 is 0 Å². The van der Waals surface area contributed by atoms with Crippen molar-refractivity contribution in [2.45, 2.75) is 26.7 Å². The van der Waals surface area contributed by atoms with Crippen molar-refractivity contribution in [2.24, 2.45) is 0 Å². The molecule has 2 aromatic rings. The van der Waals surface area contributed by atoms with E-state index in [-0.39, 0.29) is 5.91 Å². The summed E-state index contributed by atoms with van der Waals surface area (Å²) in [6.07, 6.45) is 1.96. The second kappa shape index (κ2) is 6.97. The lowest BCUT2D eigenvalue weighted by atomic mass is 10.0. The number of carbonyl (C=O) groups excluding carboxylic acids is 1. The van der Waals surface area contributed by atoms with Crippen LogP contribution in [0.2, 0.25) is 0 Å². The Morgan fingerprint density at radius 1 is 0.913 bits per heavy atom. The predicted molar refractivity (Wildman–Crippen MR) is 94.3 cm³/mol. The lowest BCUT2D eigenvalue weighted by Crippen LogP contribution is -3.12. The first-order valence-electron chi connectivity index (χ1n) is 8.57. The zero-order chi connectivity index (χ0) is 16.2. The second-order valence-corrected chi connectivity index (χ2v) is 6.12. The second-order valence-electron chi connectivity index (χ2n) is 6.12. The molecule has 1 amide bonds. The third-order valence-corrected chi connectivity index (χ3v) is 4.78. The highest BCUT2D eigenvalue weighted by Crippen LogP contribution is 2.35. The lowest BCUT2D eigenvalue weighted by Gasteiger charge is -2.26. The SMILES string of the molecule is CC[NH+](CC)CC(=O)N1c2ccccc2CCc2ccccc21. The van der Waals surface area contributed by atoms with Crippen molar-refractivity contribution in [1.29, 1.82) is 0 Å². The third kappa shape index (κ3) is 3.15. The number of nitrogens with zero attached hydrogens (tertiary/aromatic N) is 1. The van der Waals surface area contributed by atoms with Gasteiger partial charge in [0, 0.05) is 0 Å². The van der Waals surface area contributed by atoms with E-state index in [0.29, 0.717) is 6.54 Å². The van der Waals surface area contributed by atoms with Gasteiger partial charge in [-0.25, -0.2) is 0 Å². The van der Waals surface area contributed by atoms with Crippen LogP contribution in [0.3, 0.4) is 0 Å². The highest BCUT2D eigenvalue weighted by Gasteiger charge is 2.27. The topological polar surface area (TPSA) is 24.8 Å². The maximum Gasteiger partial charge on any atom is 0.286 e. The first-order chi connectivity index (χ1) is 11.2. The zero-order valence-electron chi connectivity index (χ0n) is 14.0. The number of likely N-dealkylation sites (N-methyl/N-ethyl adjacent to an activating group) is 1. The first-order valence-corrected chi connectivity index (χ1v) is 8.57. The molecule has 2 aromatic carbocycles. The molecule has 1 aliphatic heterocycles. The predicted octanol–water partition coefficient (Wildman–Crippen LogP) is 2.37. The molecule has 120 valence electrons. The highest BCUT2D eigenvalue weighted by molar-refractivity contribution is 6.02. The molecule has 0 aliphatic carbocycles. The van der Waals surface area contributed by atoms with Crippen molar-refractivity contribution >= 4 is 17.3 Å². The molecule has 0 atom stereocenters. The molecule has 0 spiro atoms. The number of para-hydroxylation sites is 2. The summed E-state index contributed by atoms with van der Waals surface area (Å²) in [5.41, 5.74) is 4.61. The van der Waals surface area contributed by atoms with Crippen LogP contribution in [0, 0.1) is 0 Å². The smallest absolute Gasteiger partial charge is 0.286 e. The number of hydrogen-bond donors (Lipinski definition) is 1. The Hall–Kier alpha value is -2.13. The van der Waals surface area contributed by atoms with Gasteiger partial charge in [0.25, 0.3) is 5.91 Å². The molecule has 0 saturated carbocycles. The summed E-state index contributed by atoms with van der Waals surface area (Å²) < 4.78 is 0. The van der Waals surface area contributed by atoms with Gasteiger partial charge in [0.2, 0.25) is 0 Å². The van der Waals surface area contributed by atoms with Crippen LogP contribution in [-0.4, -0.2) is 25.5 Å². The molecule has 1 heterocycles. The van der Waals surface area contributed by atoms with Crippen LogP contribution in [0.4, 0.5) is 11.4 Å². The molecule has 23 heavy (non-hydrogen) atoms. The molecule has 0 fully saturated rings. The van der Waals surface area contributed by atoms with Gasteiger partial charge in [0.05, 0.1) is 24.5 Å². The van der Waals surface area contributed by atoms with E-state index in [1.165, 1.54) is 16.0 Å². The van der Waals surface area contributed by atoms with Gasteiger partial charge in [0.15, 0.2) is 6.54 Å². The quantitative estimate of drug-likeness (QED) is 0.921. The average Bonchev–Trinajstić information content (AvgIpc) is 2.76. The van der Waals surface area contributed by atoms with E-state index in [4.69, 9.17) is 0 Å². The van der Waals surface area contributed by atoms with E-state index < -0.39 is 0 Å². The van der Waals surface area contributed by atoms with Crippen LogP contribution < -0.4 is 9.80 Å². The molecule has 0 radical (unpaired) electrons. The van der Waals surface area contributed by atoms with Crippen molar-refractivity contribution in [3.8, 4) is 0 Å². The average molecular weight is 309 g/mol. The van der Waals surface area contributed by atoms with Crippen LogP contribution in [0.25, 0.3) is 0 Å². The summed E-state index contributed by atoms with van der Waals surface area (Å²) in [6, 6.07) is 16.6. The number of amides is 1. The Morgan fingerprint density at radius 3 is 1.87 bits per heavy atom. The number of aryl methyl sites for hydroxylation is 2. The standard InChI is InChI=1S/C20H24N2O/c1-3-21(4-2)15-20(23)22-18-11-7-5-9-16(18)13-14-17-10-6-8-12-19(17)22/h5-12H,3-4,13-15H2,1-2H3/p+1. The van der Waals surface area contributed by atoms with Crippen molar-refractivity contribution in [3.05, 3.63) is 59.7 Å². The van der Waals surface area contributed by atoms with Crippen molar-refractivity contribution in [2.75, 3.05) is 24.5 Å². The van der Waals surface area contributed by atoms with E-state index in [9.17, 15) is 4.79 Å². The minimum Gasteiger partial charge on any atom is -0.328 e. The maximum absolute atomic E-state index is 13.1. The lowest BCUT2D eigenvalue weighted by molar-refractivity contribution is -0.888. The maximum atomic E-state index is 13.1. The van der Waals surface area contributed by atoms with Crippen molar-refractivity contribution < 1.29 is 9.69 Å². The van der Waals surface area contributed by atoms with Gasteiger partial charge in [-0.15, -0.1) is 0 Å². The minimum absolute atomic E-state index is 0.186. The number of rotatable bonds is 4. The fourth-order valence-corrected chi connectivity index (χ4v) is 3.34. The molecule has 1 aliphatic rings. The van der Waals surface area contributed by atoms with Crippen LogP contribution >= 0.6 is 0 Å². The summed E-state index contributed by atoms with van der Waals surface area (Å²) in [4.78, 5) is 16.4. The van der Waals surface area contributed by atoms with Crippen LogP contribution in [0.1, 0.15) is 25.0 Å². The van der Waals surface area contributed by atoms with Crippen LogP contribution in [0.5, 0.6) is 0 Å². The molecular weight excluding hydrogens is 284 g/mol. The summed E-state index contributed by atoms with van der Waals surface area (Å²) in [6.45, 7) is 6.75. The molecular formula is C20H25N2O+. The van der Waals surface area contributed by atoms with Crippen LogP contribution in [-0.2, 0) is 17.6 Å². The number of fused-ring (bicyclic) bond motifs is 2. The molecule has 0 aromatic heterocycles. The van der Waals surface area contributed by atoms with Gasteiger partial charge in [-0.3, -0.25) is 9.69 Å². The van der Waals surface area contributed by atoms with E-state index in [1.54, 1.807) is 0 Å². The molecule has 3 heteroatoms. The molecule has 3 nitrogen and oxygen atoms in total. The van der Waals surface area contributed by atoms with Gasteiger partial charge in [0.1, 0.15) is 0 Å². The summed E-state index contributed by atoms with van der Waals surface area (Å²) in [7, 11) is 0. The van der Waals surface area contributed by atoms with E-state index in [1.807, 2.05) is 17.0 Å². The molecule has 0 saturated heterocycles. The Balaban J connectivity index is 2.05. The van der Waals surface area contributed by atoms with E-state index in [0.717, 1.165) is 37.3 Å². The van der Waals surface area contributed by atoms with Crippen molar-refractivity contribution in [1.82, 2.24) is 0 Å².